The van der Waals surface area contributed by atoms with E-state index in [2.05, 4.69) is 62.1 Å². The molecule has 3 nitrogen and oxygen atoms in total. The van der Waals surface area contributed by atoms with Crippen molar-refractivity contribution < 1.29 is 0 Å². The molecule has 1 heterocycles. The lowest BCUT2D eigenvalue weighted by Gasteiger charge is -2.33. The first-order valence-electron chi connectivity index (χ1n) is 8.03. The van der Waals surface area contributed by atoms with Crippen LogP contribution in [0.1, 0.15) is 37.5 Å². The summed E-state index contributed by atoms with van der Waals surface area (Å²) < 4.78 is 0. The van der Waals surface area contributed by atoms with Crippen molar-refractivity contribution in [2.75, 3.05) is 45.7 Å². The average molecular weight is 289 g/mol. The summed E-state index contributed by atoms with van der Waals surface area (Å²) in [5.41, 5.74) is 6.17. The number of fused-ring (bicyclic) bond motifs is 1. The van der Waals surface area contributed by atoms with Gasteiger partial charge in [-0.15, -0.1) is 0 Å². The van der Waals surface area contributed by atoms with E-state index < -0.39 is 0 Å². The summed E-state index contributed by atoms with van der Waals surface area (Å²) in [6.07, 6.45) is 1.17. The monoisotopic (exact) mass is 289 g/mol. The number of anilines is 1. The molecular weight excluding hydrogens is 258 g/mol. The summed E-state index contributed by atoms with van der Waals surface area (Å²) >= 11 is 0. The van der Waals surface area contributed by atoms with Crippen molar-refractivity contribution in [2.24, 2.45) is 0 Å². The molecule has 0 unspecified atom stereocenters. The van der Waals surface area contributed by atoms with E-state index >= 15 is 0 Å². The number of hydrogen-bond donors (Lipinski definition) is 1. The van der Waals surface area contributed by atoms with E-state index in [1.165, 1.54) is 24.2 Å². The standard InChI is InChI=1S/C18H31N3/c1-18(2,3)17-12-15(21(6)10-8-19-4)11-14-7-9-20(5)13-16(14)17/h11-12,19H,7-10,13H2,1-6H3. The molecule has 1 aliphatic heterocycles. The Kier molecular flexibility index (Phi) is 4.95. The quantitative estimate of drug-likeness (QED) is 0.919. The molecule has 1 N–H and O–H groups in total. The number of nitrogens with one attached hydrogen (secondary N) is 1. The summed E-state index contributed by atoms with van der Waals surface area (Å²) in [7, 11) is 6.43. The van der Waals surface area contributed by atoms with Crippen LogP contribution in [0.15, 0.2) is 12.1 Å². The van der Waals surface area contributed by atoms with Gasteiger partial charge in [-0.2, -0.15) is 0 Å². The van der Waals surface area contributed by atoms with Gasteiger partial charge in [-0.1, -0.05) is 20.8 Å². The summed E-state index contributed by atoms with van der Waals surface area (Å²) in [5, 5.41) is 3.23. The fourth-order valence-electron chi connectivity index (χ4n) is 3.08. The molecule has 0 fully saturated rings. The first-order chi connectivity index (χ1) is 9.82. The zero-order valence-electron chi connectivity index (χ0n) is 14.6. The Hall–Kier alpha value is -1.06. The van der Waals surface area contributed by atoms with Crippen LogP contribution in [-0.4, -0.2) is 45.7 Å². The maximum atomic E-state index is 3.23. The fourth-order valence-corrected chi connectivity index (χ4v) is 3.08. The second kappa shape index (κ2) is 6.37. The molecule has 0 aromatic heterocycles. The molecule has 1 aromatic carbocycles. The molecule has 0 saturated carbocycles. The van der Waals surface area contributed by atoms with Gasteiger partial charge in [0.15, 0.2) is 0 Å². The highest BCUT2D eigenvalue weighted by Gasteiger charge is 2.25. The van der Waals surface area contributed by atoms with Crippen LogP contribution in [-0.2, 0) is 18.4 Å². The molecule has 0 amide bonds. The lowest BCUT2D eigenvalue weighted by molar-refractivity contribution is 0.309. The van der Waals surface area contributed by atoms with Crippen LogP contribution >= 0.6 is 0 Å². The van der Waals surface area contributed by atoms with Gasteiger partial charge in [-0.3, -0.25) is 0 Å². The maximum absolute atomic E-state index is 3.23. The van der Waals surface area contributed by atoms with Crippen molar-refractivity contribution in [2.45, 2.75) is 39.2 Å². The first kappa shape index (κ1) is 16.3. The molecule has 0 bridgehead atoms. The van der Waals surface area contributed by atoms with Gasteiger partial charge in [0.1, 0.15) is 0 Å². The SMILES string of the molecule is CNCCN(C)c1cc2c(c(C(C)(C)C)c1)CN(C)CC2. The van der Waals surface area contributed by atoms with Gasteiger partial charge >= 0.3 is 0 Å². The molecule has 21 heavy (non-hydrogen) atoms. The van der Waals surface area contributed by atoms with Crippen molar-refractivity contribution in [3.63, 3.8) is 0 Å². The van der Waals surface area contributed by atoms with Crippen molar-refractivity contribution >= 4 is 5.69 Å². The van der Waals surface area contributed by atoms with E-state index in [4.69, 9.17) is 0 Å². The highest BCUT2D eigenvalue weighted by Crippen LogP contribution is 2.34. The Labute approximate surface area is 130 Å². The molecule has 118 valence electrons. The molecule has 1 aliphatic rings. The van der Waals surface area contributed by atoms with Crippen LogP contribution < -0.4 is 10.2 Å². The predicted octanol–water partition coefficient (Wildman–Crippen LogP) is 2.63. The van der Waals surface area contributed by atoms with E-state index in [9.17, 15) is 0 Å². The topological polar surface area (TPSA) is 18.5 Å². The Morgan fingerprint density at radius 3 is 2.62 bits per heavy atom. The fraction of sp³-hybridized carbons (Fsp3) is 0.667. The Morgan fingerprint density at radius 1 is 1.29 bits per heavy atom. The molecule has 0 saturated heterocycles. The minimum Gasteiger partial charge on any atom is -0.373 e. The lowest BCUT2D eigenvalue weighted by atomic mass is 9.80. The Balaban J connectivity index is 2.42. The molecular formula is C18H31N3. The second-order valence-corrected chi connectivity index (χ2v) is 7.39. The summed E-state index contributed by atoms with van der Waals surface area (Å²) in [6.45, 7) is 11.3. The third-order valence-electron chi connectivity index (χ3n) is 4.46. The highest BCUT2D eigenvalue weighted by molar-refractivity contribution is 5.56. The van der Waals surface area contributed by atoms with E-state index in [-0.39, 0.29) is 5.41 Å². The summed E-state index contributed by atoms with van der Waals surface area (Å²) in [5.74, 6) is 0. The van der Waals surface area contributed by atoms with Gasteiger partial charge in [0.2, 0.25) is 0 Å². The van der Waals surface area contributed by atoms with Gasteiger partial charge in [-0.25, -0.2) is 0 Å². The number of hydrogen-bond acceptors (Lipinski definition) is 3. The zero-order valence-corrected chi connectivity index (χ0v) is 14.6. The van der Waals surface area contributed by atoms with Crippen molar-refractivity contribution in [3.05, 3.63) is 28.8 Å². The van der Waals surface area contributed by atoms with Gasteiger partial charge in [0, 0.05) is 38.9 Å². The minimum atomic E-state index is 0.197. The molecule has 2 rings (SSSR count). The van der Waals surface area contributed by atoms with Gasteiger partial charge in [0.05, 0.1) is 0 Å². The van der Waals surface area contributed by atoms with Crippen LogP contribution in [0.5, 0.6) is 0 Å². The molecule has 3 heteroatoms. The van der Waals surface area contributed by atoms with Gasteiger partial charge < -0.3 is 15.1 Å². The zero-order chi connectivity index (χ0) is 15.6. The third-order valence-corrected chi connectivity index (χ3v) is 4.46. The van der Waals surface area contributed by atoms with E-state index in [1.54, 1.807) is 11.1 Å². The van der Waals surface area contributed by atoms with E-state index in [1.807, 2.05) is 7.05 Å². The van der Waals surface area contributed by atoms with Crippen LogP contribution in [0.25, 0.3) is 0 Å². The van der Waals surface area contributed by atoms with Crippen LogP contribution in [0.3, 0.4) is 0 Å². The number of benzene rings is 1. The smallest absolute Gasteiger partial charge is 0.0370 e. The number of likely N-dealkylation sites (N-methyl/N-ethyl adjacent to an activating group) is 3. The van der Waals surface area contributed by atoms with Crippen LogP contribution in [0, 0.1) is 0 Å². The van der Waals surface area contributed by atoms with E-state index in [0.717, 1.165) is 19.6 Å². The molecule has 0 radical (unpaired) electrons. The molecule has 0 atom stereocenters. The first-order valence-corrected chi connectivity index (χ1v) is 8.03. The lowest BCUT2D eigenvalue weighted by Crippen LogP contribution is -2.31. The number of rotatable bonds is 4. The minimum absolute atomic E-state index is 0.197. The summed E-state index contributed by atoms with van der Waals surface area (Å²) in [4.78, 5) is 4.80. The molecule has 0 aliphatic carbocycles. The van der Waals surface area contributed by atoms with Crippen LogP contribution in [0.2, 0.25) is 0 Å². The van der Waals surface area contributed by atoms with E-state index in [0.29, 0.717) is 0 Å². The van der Waals surface area contributed by atoms with Crippen LogP contribution in [0.4, 0.5) is 5.69 Å². The Bertz CT molecular complexity index is 488. The second-order valence-electron chi connectivity index (χ2n) is 7.39. The van der Waals surface area contributed by atoms with Crippen molar-refractivity contribution in [3.8, 4) is 0 Å². The highest BCUT2D eigenvalue weighted by atomic mass is 15.1. The molecule has 1 aromatic rings. The maximum Gasteiger partial charge on any atom is 0.0370 e. The summed E-state index contributed by atoms with van der Waals surface area (Å²) in [6, 6.07) is 4.82. The van der Waals surface area contributed by atoms with Crippen molar-refractivity contribution in [1.29, 1.82) is 0 Å². The van der Waals surface area contributed by atoms with Crippen molar-refractivity contribution in [1.82, 2.24) is 10.2 Å². The Morgan fingerprint density at radius 2 is 2.00 bits per heavy atom. The molecule has 0 spiro atoms. The largest absolute Gasteiger partial charge is 0.373 e. The number of nitrogens with zero attached hydrogens (tertiary/aromatic N) is 2. The van der Waals surface area contributed by atoms with Gasteiger partial charge in [0.25, 0.3) is 0 Å². The third kappa shape index (κ3) is 3.78. The normalized spacial score (nSPS) is 15.9. The predicted molar refractivity (Wildman–Crippen MR) is 92.4 cm³/mol. The average Bonchev–Trinajstić information content (AvgIpc) is 2.42. The van der Waals surface area contributed by atoms with Gasteiger partial charge in [-0.05, 0) is 54.8 Å².